The lowest BCUT2D eigenvalue weighted by atomic mass is 9.90. The Balaban J connectivity index is 0.00000243. The van der Waals surface area contributed by atoms with Crippen LogP contribution in [0.15, 0.2) is 29.1 Å². The number of fused-ring (bicyclic) bond motifs is 1. The van der Waals surface area contributed by atoms with Crippen LogP contribution in [-0.4, -0.2) is 42.3 Å². The van der Waals surface area contributed by atoms with E-state index in [0.717, 1.165) is 68.7 Å². The van der Waals surface area contributed by atoms with Crippen molar-refractivity contribution in [1.82, 2.24) is 15.1 Å². The van der Waals surface area contributed by atoms with E-state index in [2.05, 4.69) is 41.3 Å². The van der Waals surface area contributed by atoms with E-state index >= 15 is 0 Å². The van der Waals surface area contributed by atoms with Gasteiger partial charge < -0.3 is 9.64 Å². The van der Waals surface area contributed by atoms with Crippen LogP contribution in [0.2, 0.25) is 0 Å². The van der Waals surface area contributed by atoms with Crippen molar-refractivity contribution in [2.45, 2.75) is 38.5 Å². The predicted octanol–water partition coefficient (Wildman–Crippen LogP) is 2.99. The van der Waals surface area contributed by atoms with Gasteiger partial charge in [-0.3, -0.25) is 4.79 Å². The normalized spacial score (nSPS) is 13.2. The molecule has 1 heterocycles. The van der Waals surface area contributed by atoms with Gasteiger partial charge in [0.2, 0.25) is 0 Å². The number of halogens is 1. The summed E-state index contributed by atoms with van der Waals surface area (Å²) < 4.78 is 5.78. The number of hydrogen-bond donors (Lipinski definition) is 1. The molecule has 0 radical (unpaired) electrons. The van der Waals surface area contributed by atoms with Crippen molar-refractivity contribution in [2.24, 2.45) is 0 Å². The molecular formula is C20H28ClN3O2. The average Bonchev–Trinajstić information content (AvgIpc) is 2.62. The number of aromatic nitrogens is 2. The maximum absolute atomic E-state index is 11.9. The highest BCUT2D eigenvalue weighted by atomic mass is 35.5. The van der Waals surface area contributed by atoms with Crippen molar-refractivity contribution in [3.63, 3.8) is 0 Å². The summed E-state index contributed by atoms with van der Waals surface area (Å²) in [6.45, 7) is 1.76. The standard InChI is InChI=1S/C20H27N3O2.ClH/c1-23(2)12-5-13-25-16-10-8-15(9-11-16)14-19-17-6-3-4-7-18(17)20(24)22-21-19;/h8-11H,3-7,12-14H2,1-2H3,(H,22,24);1H. The number of H-pyrrole nitrogens is 1. The molecular weight excluding hydrogens is 350 g/mol. The Morgan fingerprint density at radius 1 is 1.12 bits per heavy atom. The quantitative estimate of drug-likeness (QED) is 0.753. The third-order valence-corrected chi connectivity index (χ3v) is 4.70. The second-order valence-electron chi connectivity index (χ2n) is 6.99. The van der Waals surface area contributed by atoms with Gasteiger partial charge in [-0.2, -0.15) is 5.10 Å². The van der Waals surface area contributed by atoms with E-state index in [1.54, 1.807) is 0 Å². The lowest BCUT2D eigenvalue weighted by Crippen LogP contribution is -2.23. The Labute approximate surface area is 161 Å². The number of benzene rings is 1. The molecule has 0 atom stereocenters. The number of hydrogen-bond acceptors (Lipinski definition) is 4. The fraction of sp³-hybridized carbons (Fsp3) is 0.500. The molecule has 0 unspecified atom stereocenters. The Kier molecular flexibility index (Phi) is 7.66. The summed E-state index contributed by atoms with van der Waals surface area (Å²) in [6.07, 6.45) is 5.85. The first-order chi connectivity index (χ1) is 12.1. The minimum atomic E-state index is -0.0140. The lowest BCUT2D eigenvalue weighted by molar-refractivity contribution is 0.281. The first kappa shape index (κ1) is 20.5. The number of nitrogens with zero attached hydrogens (tertiary/aromatic N) is 2. The third kappa shape index (κ3) is 5.32. The number of ether oxygens (including phenoxy) is 1. The van der Waals surface area contributed by atoms with Crippen LogP contribution >= 0.6 is 12.4 Å². The molecule has 6 heteroatoms. The van der Waals surface area contributed by atoms with Crippen molar-refractivity contribution in [2.75, 3.05) is 27.2 Å². The zero-order chi connectivity index (χ0) is 17.6. The van der Waals surface area contributed by atoms with Crippen molar-refractivity contribution >= 4 is 12.4 Å². The minimum Gasteiger partial charge on any atom is -0.494 e. The summed E-state index contributed by atoms with van der Waals surface area (Å²) >= 11 is 0. The van der Waals surface area contributed by atoms with Gasteiger partial charge in [-0.1, -0.05) is 12.1 Å². The van der Waals surface area contributed by atoms with Gasteiger partial charge in [0.15, 0.2) is 0 Å². The minimum absolute atomic E-state index is 0. The molecule has 26 heavy (non-hydrogen) atoms. The summed E-state index contributed by atoms with van der Waals surface area (Å²) in [4.78, 5) is 14.1. The van der Waals surface area contributed by atoms with Crippen LogP contribution in [0.3, 0.4) is 0 Å². The van der Waals surface area contributed by atoms with Gasteiger partial charge in [0.25, 0.3) is 5.56 Å². The zero-order valence-electron chi connectivity index (χ0n) is 15.6. The second kappa shape index (κ2) is 9.74. The lowest BCUT2D eigenvalue weighted by Gasteiger charge is -2.17. The Morgan fingerprint density at radius 2 is 1.81 bits per heavy atom. The van der Waals surface area contributed by atoms with E-state index in [9.17, 15) is 4.79 Å². The summed E-state index contributed by atoms with van der Waals surface area (Å²) in [7, 11) is 4.14. The van der Waals surface area contributed by atoms with Crippen LogP contribution in [0.25, 0.3) is 0 Å². The molecule has 0 fully saturated rings. The smallest absolute Gasteiger partial charge is 0.267 e. The zero-order valence-corrected chi connectivity index (χ0v) is 16.4. The monoisotopic (exact) mass is 377 g/mol. The van der Waals surface area contributed by atoms with Gasteiger partial charge in [-0.15, -0.1) is 12.4 Å². The Morgan fingerprint density at radius 3 is 2.50 bits per heavy atom. The van der Waals surface area contributed by atoms with E-state index in [0.29, 0.717) is 0 Å². The molecule has 1 aliphatic rings. The molecule has 3 rings (SSSR count). The summed E-state index contributed by atoms with van der Waals surface area (Å²) in [5.41, 5.74) is 4.29. The highest BCUT2D eigenvalue weighted by molar-refractivity contribution is 5.85. The maximum atomic E-state index is 11.9. The maximum Gasteiger partial charge on any atom is 0.267 e. The molecule has 0 spiro atoms. The van der Waals surface area contributed by atoms with Crippen LogP contribution in [0.4, 0.5) is 0 Å². The van der Waals surface area contributed by atoms with Gasteiger partial charge in [0, 0.05) is 18.5 Å². The van der Waals surface area contributed by atoms with Gasteiger partial charge >= 0.3 is 0 Å². The summed E-state index contributed by atoms with van der Waals surface area (Å²) in [6, 6.07) is 8.21. The van der Waals surface area contributed by atoms with E-state index in [1.165, 1.54) is 11.1 Å². The molecule has 0 aliphatic heterocycles. The Hall–Kier alpha value is -1.85. The molecule has 142 valence electrons. The molecule has 0 bridgehead atoms. The third-order valence-electron chi connectivity index (χ3n) is 4.70. The molecule has 1 aliphatic carbocycles. The van der Waals surface area contributed by atoms with Crippen molar-refractivity contribution in [3.8, 4) is 5.75 Å². The van der Waals surface area contributed by atoms with Crippen LogP contribution in [-0.2, 0) is 19.3 Å². The van der Waals surface area contributed by atoms with Gasteiger partial charge in [0.1, 0.15) is 5.75 Å². The first-order valence-electron chi connectivity index (χ1n) is 9.09. The van der Waals surface area contributed by atoms with E-state index in [1.807, 2.05) is 12.1 Å². The molecule has 0 saturated carbocycles. The molecule has 2 aromatic rings. The highest BCUT2D eigenvalue weighted by Gasteiger charge is 2.17. The van der Waals surface area contributed by atoms with Gasteiger partial charge in [-0.05, 0) is 69.5 Å². The second-order valence-corrected chi connectivity index (χ2v) is 6.99. The molecule has 0 amide bonds. The van der Waals surface area contributed by atoms with E-state index in [4.69, 9.17) is 4.74 Å². The molecule has 1 aromatic carbocycles. The topological polar surface area (TPSA) is 58.2 Å². The molecule has 1 aromatic heterocycles. The highest BCUT2D eigenvalue weighted by Crippen LogP contribution is 2.22. The largest absolute Gasteiger partial charge is 0.494 e. The van der Waals surface area contributed by atoms with Crippen LogP contribution < -0.4 is 10.3 Å². The van der Waals surface area contributed by atoms with Crippen LogP contribution in [0, 0.1) is 0 Å². The summed E-state index contributed by atoms with van der Waals surface area (Å²) in [5.74, 6) is 0.902. The Bertz CT molecular complexity index is 757. The van der Waals surface area contributed by atoms with Gasteiger partial charge in [-0.25, -0.2) is 5.10 Å². The molecule has 5 nitrogen and oxygen atoms in total. The molecule has 0 saturated heterocycles. The fourth-order valence-electron chi connectivity index (χ4n) is 3.34. The van der Waals surface area contributed by atoms with Crippen molar-refractivity contribution < 1.29 is 4.74 Å². The summed E-state index contributed by atoms with van der Waals surface area (Å²) in [5, 5.41) is 6.98. The average molecular weight is 378 g/mol. The SMILES string of the molecule is CN(C)CCCOc1ccc(Cc2n[nH]c(=O)c3c2CCCC3)cc1.Cl. The van der Waals surface area contributed by atoms with E-state index < -0.39 is 0 Å². The number of rotatable bonds is 7. The van der Waals surface area contributed by atoms with Crippen molar-refractivity contribution in [3.05, 3.63) is 57.0 Å². The van der Waals surface area contributed by atoms with E-state index in [-0.39, 0.29) is 18.0 Å². The van der Waals surface area contributed by atoms with Crippen molar-refractivity contribution in [1.29, 1.82) is 0 Å². The fourth-order valence-corrected chi connectivity index (χ4v) is 3.34. The number of aromatic amines is 1. The first-order valence-corrected chi connectivity index (χ1v) is 9.09. The molecule has 1 N–H and O–H groups in total. The number of nitrogens with one attached hydrogen (secondary N) is 1. The van der Waals surface area contributed by atoms with Crippen LogP contribution in [0.5, 0.6) is 5.75 Å². The predicted molar refractivity (Wildman–Crippen MR) is 107 cm³/mol. The van der Waals surface area contributed by atoms with Crippen LogP contribution in [0.1, 0.15) is 41.6 Å². The van der Waals surface area contributed by atoms with Gasteiger partial charge in [0.05, 0.1) is 12.3 Å².